The van der Waals surface area contributed by atoms with Crippen LogP contribution in [0.4, 0.5) is 5.95 Å². The van der Waals surface area contributed by atoms with Crippen LogP contribution in [0, 0.1) is 0 Å². The monoisotopic (exact) mass is 605 g/mol. The highest BCUT2D eigenvalue weighted by Gasteiger charge is 2.49. The highest BCUT2D eigenvalue weighted by Crippen LogP contribution is 2.61. The van der Waals surface area contributed by atoms with Crippen LogP contribution < -0.4 is 11.3 Å². The van der Waals surface area contributed by atoms with Crippen molar-refractivity contribution >= 4 is 32.8 Å². The Balaban J connectivity index is 1.39. The van der Waals surface area contributed by atoms with Crippen LogP contribution in [-0.2, 0) is 32.0 Å². The number of nitrogens with one attached hydrogen (secondary N) is 1. The van der Waals surface area contributed by atoms with E-state index in [4.69, 9.17) is 20.3 Å². The zero-order valence-electron chi connectivity index (χ0n) is 19.3. The molecular formula is C16H25N5O16P2. The molecule has 2 aliphatic rings. The van der Waals surface area contributed by atoms with Gasteiger partial charge in [-0.15, -0.1) is 0 Å². The van der Waals surface area contributed by atoms with Crippen molar-refractivity contribution in [1.29, 1.82) is 0 Å². The minimum Gasteiger partial charge on any atom is -0.394 e. The molecule has 0 amide bonds. The highest BCUT2D eigenvalue weighted by molar-refractivity contribution is 7.61. The van der Waals surface area contributed by atoms with E-state index in [9.17, 15) is 49.2 Å². The number of aromatic nitrogens is 4. The molecule has 3 unspecified atom stereocenters. The zero-order chi connectivity index (χ0) is 28.9. The van der Waals surface area contributed by atoms with Crippen LogP contribution in [-0.4, -0.2) is 122 Å². The number of fused-ring (bicyclic) bond motifs is 1. The quantitative estimate of drug-likeness (QED) is 0.120. The number of rotatable bonds is 9. The average molecular weight is 605 g/mol. The number of hydrogen-bond donors (Lipinski definition) is 10. The fraction of sp³-hybridized carbons (Fsp3) is 0.688. The second-order valence-corrected chi connectivity index (χ2v) is 11.4. The van der Waals surface area contributed by atoms with Crippen LogP contribution >= 0.6 is 15.6 Å². The topological polar surface area (TPSA) is 332 Å². The third-order valence-corrected chi connectivity index (χ3v) is 8.36. The zero-order valence-corrected chi connectivity index (χ0v) is 21.1. The number of aliphatic hydroxyl groups excluding tert-OH is 6. The third kappa shape index (κ3) is 6.22. The normalized spacial score (nSPS) is 36.6. The van der Waals surface area contributed by atoms with Gasteiger partial charge in [-0.05, 0) is 0 Å². The number of anilines is 1. The summed E-state index contributed by atoms with van der Waals surface area (Å²) < 4.78 is 49.1. The van der Waals surface area contributed by atoms with Crippen LogP contribution in [0.1, 0.15) is 6.23 Å². The largest absolute Gasteiger partial charge is 0.483 e. The predicted molar refractivity (Wildman–Crippen MR) is 120 cm³/mol. The highest BCUT2D eigenvalue weighted by atomic mass is 31.3. The van der Waals surface area contributed by atoms with Crippen LogP contribution in [0.2, 0.25) is 0 Å². The lowest BCUT2D eigenvalue weighted by atomic mass is 10.00. The van der Waals surface area contributed by atoms with Crippen molar-refractivity contribution in [3.8, 4) is 0 Å². The molecule has 2 aromatic rings. The van der Waals surface area contributed by atoms with Crippen LogP contribution in [0.25, 0.3) is 11.2 Å². The predicted octanol–water partition coefficient (Wildman–Crippen LogP) is -4.63. The maximum atomic E-state index is 12.3. The molecule has 11 N–H and O–H groups in total. The molecule has 0 aromatic carbocycles. The Hall–Kier alpha value is -1.91. The van der Waals surface area contributed by atoms with E-state index < -0.39 is 89.7 Å². The summed E-state index contributed by atoms with van der Waals surface area (Å²) in [5.74, 6) is -0.278. The molecule has 4 rings (SSSR count). The molecule has 2 aliphatic heterocycles. The number of phosphoric ester groups is 2. The van der Waals surface area contributed by atoms with E-state index in [1.165, 1.54) is 0 Å². The lowest BCUT2D eigenvalue weighted by Gasteiger charge is -2.39. The van der Waals surface area contributed by atoms with E-state index in [2.05, 4.69) is 28.3 Å². The first-order valence-corrected chi connectivity index (χ1v) is 13.9. The van der Waals surface area contributed by atoms with E-state index in [0.29, 0.717) is 0 Å². The van der Waals surface area contributed by atoms with Gasteiger partial charge in [-0.2, -0.15) is 9.29 Å². The van der Waals surface area contributed by atoms with Crippen LogP contribution in [0.15, 0.2) is 11.1 Å². The molecule has 21 nitrogen and oxygen atoms in total. The Labute approximate surface area is 216 Å². The van der Waals surface area contributed by atoms with Gasteiger partial charge in [0.15, 0.2) is 23.7 Å². The van der Waals surface area contributed by atoms with E-state index in [0.717, 1.165) is 10.9 Å². The van der Waals surface area contributed by atoms with Gasteiger partial charge in [-0.1, -0.05) is 0 Å². The molecular weight excluding hydrogens is 580 g/mol. The molecule has 39 heavy (non-hydrogen) atoms. The Morgan fingerprint density at radius 2 is 1.67 bits per heavy atom. The number of hydrogen-bond acceptors (Lipinski definition) is 17. The SMILES string of the molecule is Nc1nc2c(ncn2C2O[C@H](COP(=O)(O)OP(=O)(O)O[C@H]3O[C@H](CO)[C@@H](O)[C@H](O)[C@H]3O)[C@@H](O)[C@H]2O)c(=O)[nH]1. The van der Waals surface area contributed by atoms with Crippen molar-refractivity contribution < 1.29 is 72.4 Å². The first-order valence-electron chi connectivity index (χ1n) is 10.9. The summed E-state index contributed by atoms with van der Waals surface area (Å²) in [6, 6.07) is 0. The molecule has 2 fully saturated rings. The van der Waals surface area contributed by atoms with Crippen molar-refractivity contribution in [3.05, 3.63) is 16.7 Å². The maximum absolute atomic E-state index is 12.3. The Kier molecular flexibility index (Phi) is 8.60. The second kappa shape index (κ2) is 11.2. The van der Waals surface area contributed by atoms with Gasteiger partial charge in [-0.3, -0.25) is 23.4 Å². The molecule has 4 heterocycles. The molecule has 0 saturated carbocycles. The van der Waals surface area contributed by atoms with Crippen molar-refractivity contribution in [2.75, 3.05) is 18.9 Å². The summed E-state index contributed by atoms with van der Waals surface area (Å²) in [5, 5.41) is 59.2. The molecule has 23 heteroatoms. The van der Waals surface area contributed by atoms with Crippen molar-refractivity contribution in [3.63, 3.8) is 0 Å². The van der Waals surface area contributed by atoms with E-state index in [-0.39, 0.29) is 17.1 Å². The van der Waals surface area contributed by atoms with Crippen molar-refractivity contribution in [2.45, 2.75) is 55.2 Å². The fourth-order valence-corrected chi connectivity index (χ4v) is 6.01. The molecule has 11 atom stereocenters. The minimum absolute atomic E-state index is 0.114. The molecule has 0 radical (unpaired) electrons. The van der Waals surface area contributed by atoms with Gasteiger partial charge in [-0.25, -0.2) is 14.1 Å². The van der Waals surface area contributed by atoms with E-state index >= 15 is 0 Å². The summed E-state index contributed by atoms with van der Waals surface area (Å²) >= 11 is 0. The van der Waals surface area contributed by atoms with E-state index in [1.807, 2.05) is 0 Å². The Morgan fingerprint density at radius 1 is 1.00 bits per heavy atom. The summed E-state index contributed by atoms with van der Waals surface area (Å²) in [5.41, 5.74) is 4.54. The lowest BCUT2D eigenvalue weighted by Crippen LogP contribution is -2.58. The molecule has 0 spiro atoms. The van der Waals surface area contributed by atoms with E-state index in [1.54, 1.807) is 0 Å². The number of imidazole rings is 1. The molecule has 0 aliphatic carbocycles. The van der Waals surface area contributed by atoms with Crippen LogP contribution in [0.5, 0.6) is 0 Å². The summed E-state index contributed by atoms with van der Waals surface area (Å²) in [4.78, 5) is 41.7. The number of phosphoric acid groups is 2. The standard InChI is InChI=1S/C16H25N5O16P2/c17-16-19-12-6(13(28)20-16)18-3-21(12)14-10(26)8(24)5(34-14)2-33-38(29,30)37-39(31,32)36-15-11(27)9(25)7(23)4(1-22)35-15/h3-5,7-11,14-15,22-27H,1-2H2,(H,29,30)(H,31,32)(H3,17,19,20,28)/t4-,5-,7-,8-,9+,10-,11-,14?,15-/m1/s1. The van der Waals surface area contributed by atoms with Gasteiger partial charge >= 0.3 is 15.6 Å². The number of aliphatic hydroxyl groups is 6. The van der Waals surface area contributed by atoms with Gasteiger partial charge in [0.1, 0.15) is 42.7 Å². The summed E-state index contributed by atoms with van der Waals surface area (Å²) in [6.07, 6.45) is -15.0. The second-order valence-electron chi connectivity index (χ2n) is 8.44. The fourth-order valence-electron chi connectivity index (χ4n) is 3.85. The molecule has 2 saturated heterocycles. The Bertz CT molecular complexity index is 1340. The van der Waals surface area contributed by atoms with Crippen molar-refractivity contribution in [1.82, 2.24) is 19.5 Å². The molecule has 220 valence electrons. The van der Waals surface area contributed by atoms with Crippen LogP contribution in [0.3, 0.4) is 0 Å². The van der Waals surface area contributed by atoms with Gasteiger partial charge in [0.05, 0.1) is 19.5 Å². The maximum Gasteiger partial charge on any atom is 0.483 e. The van der Waals surface area contributed by atoms with Crippen molar-refractivity contribution in [2.24, 2.45) is 0 Å². The number of nitrogen functional groups attached to an aromatic ring is 1. The number of nitrogens with zero attached hydrogens (tertiary/aromatic N) is 3. The molecule has 0 bridgehead atoms. The van der Waals surface area contributed by atoms with Gasteiger partial charge < -0.3 is 55.6 Å². The van der Waals surface area contributed by atoms with Gasteiger partial charge in [0.25, 0.3) is 5.56 Å². The first kappa shape index (κ1) is 30.1. The number of nitrogens with two attached hydrogens (primary N) is 1. The summed E-state index contributed by atoms with van der Waals surface area (Å²) in [6.45, 7) is -1.89. The number of ether oxygens (including phenoxy) is 2. The van der Waals surface area contributed by atoms with Gasteiger partial charge in [0.2, 0.25) is 5.95 Å². The third-order valence-electron chi connectivity index (χ3n) is 5.76. The number of H-pyrrole nitrogens is 1. The smallest absolute Gasteiger partial charge is 0.394 e. The first-order chi connectivity index (χ1) is 18.1. The Morgan fingerprint density at radius 3 is 2.33 bits per heavy atom. The molecule has 2 aromatic heterocycles. The minimum atomic E-state index is -5.60. The van der Waals surface area contributed by atoms with Gasteiger partial charge in [0, 0.05) is 0 Å². The number of aromatic amines is 1. The average Bonchev–Trinajstić information content (AvgIpc) is 3.38. The lowest BCUT2D eigenvalue weighted by molar-refractivity contribution is -0.280. The summed E-state index contributed by atoms with van der Waals surface area (Å²) in [7, 11) is -11.1.